The maximum Gasteiger partial charge on any atom is 0.242 e. The van der Waals surface area contributed by atoms with Crippen LogP contribution in [0.15, 0.2) is 42.5 Å². The van der Waals surface area contributed by atoms with Gasteiger partial charge in [0, 0.05) is 28.9 Å². The lowest BCUT2D eigenvalue weighted by Gasteiger charge is -2.29. The molecule has 0 spiro atoms. The molecule has 0 aliphatic rings. The highest BCUT2D eigenvalue weighted by atomic mass is 35.5. The number of amides is 2. The van der Waals surface area contributed by atoms with Gasteiger partial charge in [-0.15, -0.1) is 11.8 Å². The lowest BCUT2D eigenvalue weighted by molar-refractivity contribution is -0.138. The van der Waals surface area contributed by atoms with Crippen LogP contribution in [0.2, 0.25) is 10.0 Å². The van der Waals surface area contributed by atoms with Crippen molar-refractivity contribution in [2.24, 2.45) is 0 Å². The van der Waals surface area contributed by atoms with Gasteiger partial charge in [0.05, 0.1) is 12.9 Å². The number of rotatable bonds is 10. The van der Waals surface area contributed by atoms with Crippen molar-refractivity contribution in [3.05, 3.63) is 63.6 Å². The van der Waals surface area contributed by atoms with Gasteiger partial charge in [-0.1, -0.05) is 41.4 Å². The van der Waals surface area contributed by atoms with Gasteiger partial charge >= 0.3 is 0 Å². The second kappa shape index (κ2) is 12.1. The number of hydrogen-bond donors (Lipinski definition) is 1. The van der Waals surface area contributed by atoms with E-state index in [0.29, 0.717) is 22.3 Å². The molecule has 0 heterocycles. The first-order chi connectivity index (χ1) is 14.3. The molecular formula is C22H26Cl2N2O3S. The number of nitrogens with zero attached hydrogens (tertiary/aromatic N) is 1. The van der Waals surface area contributed by atoms with E-state index in [1.165, 1.54) is 11.8 Å². The number of nitrogens with one attached hydrogen (secondary N) is 1. The van der Waals surface area contributed by atoms with Crippen LogP contribution in [0.5, 0.6) is 5.75 Å². The third kappa shape index (κ3) is 7.11. The van der Waals surface area contributed by atoms with Crippen LogP contribution >= 0.6 is 35.0 Å². The Hall–Kier alpha value is -1.89. The van der Waals surface area contributed by atoms with Crippen LogP contribution in [0.3, 0.4) is 0 Å². The molecule has 0 bridgehead atoms. The second-order valence-corrected chi connectivity index (χ2v) is 8.50. The van der Waals surface area contributed by atoms with Crippen molar-refractivity contribution in [3.63, 3.8) is 0 Å². The van der Waals surface area contributed by atoms with Crippen LogP contribution in [-0.2, 0) is 21.9 Å². The zero-order valence-electron chi connectivity index (χ0n) is 17.3. The molecule has 1 N–H and O–H groups in total. The number of halogens is 2. The lowest BCUT2D eigenvalue weighted by atomic mass is 10.1. The maximum absolute atomic E-state index is 13.0. The highest BCUT2D eigenvalue weighted by Crippen LogP contribution is 2.24. The highest BCUT2D eigenvalue weighted by Gasteiger charge is 2.26. The SMILES string of the molecule is CCNC(=O)C(C)N(Cc1ccc(Cl)cc1Cl)C(=O)CSCc1ccc(OC)cc1. The smallest absolute Gasteiger partial charge is 0.242 e. The molecule has 0 saturated heterocycles. The zero-order valence-corrected chi connectivity index (χ0v) is 19.6. The highest BCUT2D eigenvalue weighted by molar-refractivity contribution is 7.99. The quantitative estimate of drug-likeness (QED) is 0.544. The minimum Gasteiger partial charge on any atom is -0.497 e. The average Bonchev–Trinajstić information content (AvgIpc) is 2.73. The largest absolute Gasteiger partial charge is 0.497 e. The van der Waals surface area contributed by atoms with E-state index in [4.69, 9.17) is 27.9 Å². The molecule has 0 aliphatic heterocycles. The molecule has 8 heteroatoms. The van der Waals surface area contributed by atoms with Crippen molar-refractivity contribution in [3.8, 4) is 5.75 Å². The molecule has 1 atom stereocenters. The molecule has 0 aromatic heterocycles. The summed E-state index contributed by atoms with van der Waals surface area (Å²) in [4.78, 5) is 27.0. The Morgan fingerprint density at radius 3 is 2.47 bits per heavy atom. The molecule has 0 fully saturated rings. The van der Waals surface area contributed by atoms with Gasteiger partial charge in [-0.05, 0) is 49.2 Å². The zero-order chi connectivity index (χ0) is 22.1. The topological polar surface area (TPSA) is 58.6 Å². The summed E-state index contributed by atoms with van der Waals surface area (Å²) in [6.07, 6.45) is 0. The van der Waals surface area contributed by atoms with E-state index < -0.39 is 6.04 Å². The fourth-order valence-corrected chi connectivity index (χ4v) is 4.14. The van der Waals surface area contributed by atoms with Crippen LogP contribution in [0.25, 0.3) is 0 Å². The molecule has 0 saturated carbocycles. The first kappa shape index (κ1) is 24.4. The third-order valence-electron chi connectivity index (χ3n) is 4.53. The van der Waals surface area contributed by atoms with E-state index in [-0.39, 0.29) is 24.1 Å². The molecule has 1 unspecified atom stereocenters. The molecule has 0 radical (unpaired) electrons. The van der Waals surface area contributed by atoms with E-state index in [9.17, 15) is 9.59 Å². The fraction of sp³-hybridized carbons (Fsp3) is 0.364. The summed E-state index contributed by atoms with van der Waals surface area (Å²) in [7, 11) is 1.62. The molecule has 162 valence electrons. The van der Waals surface area contributed by atoms with E-state index in [1.807, 2.05) is 31.2 Å². The number of thioether (sulfide) groups is 1. The number of benzene rings is 2. The normalized spacial score (nSPS) is 11.6. The van der Waals surface area contributed by atoms with Crippen molar-refractivity contribution in [1.82, 2.24) is 10.2 Å². The summed E-state index contributed by atoms with van der Waals surface area (Å²) in [6.45, 7) is 4.30. The Morgan fingerprint density at radius 1 is 1.17 bits per heavy atom. The number of methoxy groups -OCH3 is 1. The van der Waals surface area contributed by atoms with Gasteiger partial charge in [0.25, 0.3) is 0 Å². The average molecular weight is 469 g/mol. The maximum atomic E-state index is 13.0. The third-order valence-corrected chi connectivity index (χ3v) is 6.10. The van der Waals surface area contributed by atoms with E-state index in [0.717, 1.165) is 16.9 Å². The number of hydrogen-bond acceptors (Lipinski definition) is 4. The van der Waals surface area contributed by atoms with Gasteiger partial charge < -0.3 is 15.0 Å². The Kier molecular flexibility index (Phi) is 9.82. The Morgan fingerprint density at radius 2 is 1.87 bits per heavy atom. The summed E-state index contributed by atoms with van der Waals surface area (Å²) in [5, 5.41) is 3.77. The van der Waals surface area contributed by atoms with Gasteiger partial charge in [0.1, 0.15) is 11.8 Å². The van der Waals surface area contributed by atoms with Crippen molar-refractivity contribution < 1.29 is 14.3 Å². The van der Waals surface area contributed by atoms with Crippen molar-refractivity contribution in [1.29, 1.82) is 0 Å². The standard InChI is InChI=1S/C22H26Cl2N2O3S/c1-4-25-22(28)15(2)26(12-17-7-8-18(23)11-20(17)24)21(27)14-30-13-16-5-9-19(29-3)10-6-16/h5-11,15H,4,12-14H2,1-3H3,(H,25,28). The van der Waals surface area contributed by atoms with E-state index in [1.54, 1.807) is 37.1 Å². The van der Waals surface area contributed by atoms with Crippen LogP contribution in [0.1, 0.15) is 25.0 Å². The Labute approximate surface area is 192 Å². The summed E-state index contributed by atoms with van der Waals surface area (Å²) in [6, 6.07) is 12.2. The Bertz CT molecular complexity index is 862. The number of carbonyl (C=O) groups is 2. The Balaban J connectivity index is 2.07. The fourth-order valence-electron chi connectivity index (χ4n) is 2.80. The number of ether oxygens (including phenoxy) is 1. The number of carbonyl (C=O) groups excluding carboxylic acids is 2. The monoisotopic (exact) mass is 468 g/mol. The molecule has 5 nitrogen and oxygen atoms in total. The minimum absolute atomic E-state index is 0.127. The van der Waals surface area contributed by atoms with Gasteiger partial charge in [-0.3, -0.25) is 9.59 Å². The van der Waals surface area contributed by atoms with Crippen LogP contribution in [-0.4, -0.2) is 42.2 Å². The number of likely N-dealkylation sites (N-methyl/N-ethyl adjacent to an activating group) is 1. The van der Waals surface area contributed by atoms with Crippen LogP contribution in [0, 0.1) is 0 Å². The second-order valence-electron chi connectivity index (χ2n) is 6.67. The molecular weight excluding hydrogens is 443 g/mol. The first-order valence-electron chi connectivity index (χ1n) is 9.57. The molecule has 2 aromatic rings. The molecule has 30 heavy (non-hydrogen) atoms. The lowest BCUT2D eigenvalue weighted by Crippen LogP contribution is -2.48. The minimum atomic E-state index is -0.620. The molecule has 2 aromatic carbocycles. The van der Waals surface area contributed by atoms with Gasteiger partial charge in [-0.2, -0.15) is 0 Å². The van der Waals surface area contributed by atoms with Gasteiger partial charge in [-0.25, -0.2) is 0 Å². The predicted molar refractivity (Wildman–Crippen MR) is 124 cm³/mol. The van der Waals surface area contributed by atoms with Crippen LogP contribution in [0.4, 0.5) is 0 Å². The van der Waals surface area contributed by atoms with E-state index in [2.05, 4.69) is 5.32 Å². The predicted octanol–water partition coefficient (Wildman–Crippen LogP) is 4.79. The summed E-state index contributed by atoms with van der Waals surface area (Å²) < 4.78 is 5.16. The summed E-state index contributed by atoms with van der Waals surface area (Å²) in [5.74, 6) is 1.40. The van der Waals surface area contributed by atoms with Gasteiger partial charge in [0.2, 0.25) is 11.8 Å². The molecule has 0 aliphatic carbocycles. The van der Waals surface area contributed by atoms with Crippen molar-refractivity contribution >= 4 is 46.8 Å². The van der Waals surface area contributed by atoms with Crippen LogP contribution < -0.4 is 10.1 Å². The van der Waals surface area contributed by atoms with Crippen molar-refractivity contribution in [2.45, 2.75) is 32.2 Å². The van der Waals surface area contributed by atoms with Crippen molar-refractivity contribution in [2.75, 3.05) is 19.4 Å². The summed E-state index contributed by atoms with van der Waals surface area (Å²) >= 11 is 13.8. The van der Waals surface area contributed by atoms with E-state index >= 15 is 0 Å². The summed E-state index contributed by atoms with van der Waals surface area (Å²) in [5.41, 5.74) is 1.84. The van der Waals surface area contributed by atoms with Gasteiger partial charge in [0.15, 0.2) is 0 Å². The molecule has 2 rings (SSSR count). The molecule has 2 amide bonds. The first-order valence-corrected chi connectivity index (χ1v) is 11.5.